The number of rotatable bonds is 3. The van der Waals surface area contributed by atoms with E-state index in [2.05, 4.69) is 10.2 Å². The van der Waals surface area contributed by atoms with Crippen LogP contribution in [0.1, 0.15) is 24.4 Å². The molecule has 0 saturated carbocycles. The van der Waals surface area contributed by atoms with Crippen molar-refractivity contribution in [3.63, 3.8) is 0 Å². The minimum absolute atomic E-state index is 0.0152. The van der Waals surface area contributed by atoms with Crippen molar-refractivity contribution >= 4 is 23.4 Å². The first-order valence-corrected chi connectivity index (χ1v) is 6.77. The molecule has 6 heteroatoms. The predicted octanol–water partition coefficient (Wildman–Crippen LogP) is 2.95. The fourth-order valence-electron chi connectivity index (χ4n) is 1.46. The minimum atomic E-state index is -0.0152. The van der Waals surface area contributed by atoms with Crippen molar-refractivity contribution in [1.29, 1.82) is 0 Å². The molecule has 0 amide bonds. The van der Waals surface area contributed by atoms with Crippen molar-refractivity contribution in [3.05, 3.63) is 34.6 Å². The number of aryl methyl sites for hydroxylation is 1. The second kappa shape index (κ2) is 5.30. The van der Waals surface area contributed by atoms with Gasteiger partial charge in [0.05, 0.1) is 5.02 Å². The van der Waals surface area contributed by atoms with Gasteiger partial charge in [-0.2, -0.15) is 0 Å². The van der Waals surface area contributed by atoms with Gasteiger partial charge in [0.1, 0.15) is 5.82 Å². The van der Waals surface area contributed by atoms with Crippen LogP contribution >= 0.6 is 23.4 Å². The van der Waals surface area contributed by atoms with Gasteiger partial charge in [0.25, 0.3) is 0 Å². The first kappa shape index (κ1) is 13.4. The van der Waals surface area contributed by atoms with E-state index in [0.717, 1.165) is 21.4 Å². The third-order valence-electron chi connectivity index (χ3n) is 2.74. The fourth-order valence-corrected chi connectivity index (χ4v) is 2.60. The maximum absolute atomic E-state index is 6.25. The molecule has 96 valence electrons. The molecule has 2 rings (SSSR count). The van der Waals surface area contributed by atoms with E-state index in [1.165, 1.54) is 11.8 Å². The van der Waals surface area contributed by atoms with Gasteiger partial charge < -0.3 is 10.3 Å². The molecule has 0 bridgehead atoms. The lowest BCUT2D eigenvalue weighted by atomic mass is 10.1. The Hall–Kier alpha value is -1.04. The van der Waals surface area contributed by atoms with Crippen LogP contribution < -0.4 is 5.73 Å². The summed E-state index contributed by atoms with van der Waals surface area (Å²) in [4.78, 5) is 0.955. The van der Waals surface area contributed by atoms with Crippen LogP contribution in [0.3, 0.4) is 0 Å². The van der Waals surface area contributed by atoms with E-state index < -0.39 is 0 Å². The molecule has 0 unspecified atom stereocenters. The number of nitrogens with zero attached hydrogens (tertiary/aromatic N) is 3. The molecule has 2 N–H and O–H groups in total. The molecule has 1 atom stereocenters. The van der Waals surface area contributed by atoms with Gasteiger partial charge in [-0.15, -0.1) is 10.2 Å². The zero-order chi connectivity index (χ0) is 13.3. The highest BCUT2D eigenvalue weighted by molar-refractivity contribution is 7.99. The van der Waals surface area contributed by atoms with Crippen LogP contribution in [0.5, 0.6) is 0 Å². The van der Waals surface area contributed by atoms with Gasteiger partial charge in [0, 0.05) is 18.0 Å². The van der Waals surface area contributed by atoms with Gasteiger partial charge in [-0.25, -0.2) is 0 Å². The Balaban J connectivity index is 2.27. The monoisotopic (exact) mass is 282 g/mol. The number of halogens is 1. The van der Waals surface area contributed by atoms with Crippen LogP contribution in [0.15, 0.2) is 28.3 Å². The van der Waals surface area contributed by atoms with Crippen LogP contribution in [-0.4, -0.2) is 14.8 Å². The first-order valence-electron chi connectivity index (χ1n) is 5.58. The average Bonchev–Trinajstić information content (AvgIpc) is 2.63. The third-order valence-corrected chi connectivity index (χ3v) is 4.27. The normalized spacial score (nSPS) is 12.7. The Kier molecular flexibility index (Phi) is 3.94. The molecular formula is C12H15ClN4S. The van der Waals surface area contributed by atoms with Crippen molar-refractivity contribution in [2.75, 3.05) is 0 Å². The van der Waals surface area contributed by atoms with Crippen molar-refractivity contribution in [2.24, 2.45) is 12.8 Å². The Morgan fingerprint density at radius 1 is 1.39 bits per heavy atom. The van der Waals surface area contributed by atoms with E-state index >= 15 is 0 Å². The highest BCUT2D eigenvalue weighted by Crippen LogP contribution is 2.33. The molecule has 0 aliphatic heterocycles. The smallest absolute Gasteiger partial charge is 0.195 e. The lowest BCUT2D eigenvalue weighted by Crippen LogP contribution is -2.04. The lowest BCUT2D eigenvalue weighted by Gasteiger charge is -2.09. The highest BCUT2D eigenvalue weighted by atomic mass is 35.5. The van der Waals surface area contributed by atoms with Crippen LogP contribution in [0.2, 0.25) is 5.02 Å². The quantitative estimate of drug-likeness (QED) is 0.940. The number of nitrogens with two attached hydrogens (primary N) is 1. The summed E-state index contributed by atoms with van der Waals surface area (Å²) < 4.78 is 1.93. The predicted molar refractivity (Wildman–Crippen MR) is 73.9 cm³/mol. The van der Waals surface area contributed by atoms with Crippen molar-refractivity contribution < 1.29 is 0 Å². The Bertz CT molecular complexity index is 565. The number of hydrogen-bond donors (Lipinski definition) is 1. The van der Waals surface area contributed by atoms with Crippen LogP contribution in [0.25, 0.3) is 0 Å². The number of hydrogen-bond acceptors (Lipinski definition) is 4. The zero-order valence-electron chi connectivity index (χ0n) is 10.5. The summed E-state index contributed by atoms with van der Waals surface area (Å²) in [6, 6.07) is 5.84. The van der Waals surface area contributed by atoms with Gasteiger partial charge in [-0.05, 0) is 43.3 Å². The topological polar surface area (TPSA) is 56.7 Å². The lowest BCUT2D eigenvalue weighted by molar-refractivity contribution is 0.765. The van der Waals surface area contributed by atoms with Crippen LogP contribution in [0.4, 0.5) is 0 Å². The third kappa shape index (κ3) is 2.68. The molecule has 0 spiro atoms. The maximum atomic E-state index is 6.25. The SMILES string of the molecule is Cc1nnc(Sc2ccc([C@@H](C)N)cc2Cl)n1C. The molecule has 0 aliphatic rings. The molecule has 1 aromatic heterocycles. The molecule has 0 aliphatic carbocycles. The molecule has 18 heavy (non-hydrogen) atoms. The van der Waals surface area contributed by atoms with Crippen molar-refractivity contribution in [1.82, 2.24) is 14.8 Å². The molecule has 4 nitrogen and oxygen atoms in total. The Labute approximate surface area is 116 Å². The maximum Gasteiger partial charge on any atom is 0.195 e. The van der Waals surface area contributed by atoms with Crippen molar-refractivity contribution in [2.45, 2.75) is 29.9 Å². The molecule has 1 heterocycles. The Morgan fingerprint density at radius 2 is 2.11 bits per heavy atom. The minimum Gasteiger partial charge on any atom is -0.324 e. The van der Waals surface area contributed by atoms with E-state index in [-0.39, 0.29) is 6.04 Å². The molecule has 1 aromatic carbocycles. The summed E-state index contributed by atoms with van der Waals surface area (Å²) in [5.41, 5.74) is 6.85. The molecular weight excluding hydrogens is 268 g/mol. The fraction of sp³-hybridized carbons (Fsp3) is 0.333. The summed E-state index contributed by atoms with van der Waals surface area (Å²) in [5.74, 6) is 0.876. The van der Waals surface area contributed by atoms with Crippen LogP contribution in [-0.2, 0) is 7.05 Å². The molecule has 2 aromatic rings. The second-order valence-corrected chi connectivity index (χ2v) is 5.59. The van der Waals surface area contributed by atoms with Crippen molar-refractivity contribution in [3.8, 4) is 0 Å². The summed E-state index contributed by atoms with van der Waals surface area (Å²) >= 11 is 7.75. The largest absolute Gasteiger partial charge is 0.324 e. The highest BCUT2D eigenvalue weighted by Gasteiger charge is 2.11. The second-order valence-electron chi connectivity index (χ2n) is 4.17. The van der Waals surface area contributed by atoms with Gasteiger partial charge in [-0.1, -0.05) is 17.7 Å². The first-order chi connectivity index (χ1) is 8.49. The van der Waals surface area contributed by atoms with E-state index in [1.54, 1.807) is 0 Å². The van der Waals surface area contributed by atoms with Crippen LogP contribution in [0, 0.1) is 6.92 Å². The Morgan fingerprint density at radius 3 is 2.61 bits per heavy atom. The molecule has 0 saturated heterocycles. The number of aromatic nitrogens is 3. The van der Waals surface area contributed by atoms with E-state index in [4.69, 9.17) is 17.3 Å². The van der Waals surface area contributed by atoms with Gasteiger partial charge in [-0.3, -0.25) is 0 Å². The summed E-state index contributed by atoms with van der Waals surface area (Å²) in [7, 11) is 1.93. The van der Waals surface area contributed by atoms with Gasteiger partial charge in [0.2, 0.25) is 0 Å². The van der Waals surface area contributed by atoms with Gasteiger partial charge in [0.15, 0.2) is 5.16 Å². The zero-order valence-corrected chi connectivity index (χ0v) is 12.1. The summed E-state index contributed by atoms with van der Waals surface area (Å²) in [6.07, 6.45) is 0. The summed E-state index contributed by atoms with van der Waals surface area (Å²) in [5, 5.41) is 9.63. The molecule has 0 fully saturated rings. The van der Waals surface area contributed by atoms with E-state index in [1.807, 2.05) is 43.7 Å². The van der Waals surface area contributed by atoms with E-state index in [0.29, 0.717) is 5.02 Å². The summed E-state index contributed by atoms with van der Waals surface area (Å²) in [6.45, 7) is 3.85. The van der Waals surface area contributed by atoms with Gasteiger partial charge >= 0.3 is 0 Å². The number of benzene rings is 1. The average molecular weight is 283 g/mol. The standard InChI is InChI=1S/C12H15ClN4S/c1-7(14)9-4-5-11(10(13)6-9)18-12-16-15-8(2)17(12)3/h4-7H,14H2,1-3H3/t7-/m1/s1. The van der Waals surface area contributed by atoms with E-state index in [9.17, 15) is 0 Å². The molecule has 0 radical (unpaired) electrons.